The van der Waals surface area contributed by atoms with Gasteiger partial charge in [-0.05, 0) is 25.0 Å². The number of carbonyl (C=O) groups excluding carboxylic acids is 1. The monoisotopic (exact) mass is 201 g/mol. The number of Topliss-reactive ketones (excluding diaryl/α,β-unsaturated/α-hetero) is 1. The molecule has 0 unspecified atom stereocenters. The fraction of sp³-hybridized carbons (Fsp3) is 0.462. The number of hydrogen-bond acceptors (Lipinski definition) is 2. The number of anilines is 1. The van der Waals surface area contributed by atoms with Gasteiger partial charge in [-0.1, -0.05) is 31.4 Å². The highest BCUT2D eigenvalue weighted by Gasteiger charge is 2.45. The number of fused-ring (bicyclic) bond motifs is 1. The van der Waals surface area contributed by atoms with Crippen LogP contribution in [0.15, 0.2) is 24.3 Å². The first-order chi connectivity index (χ1) is 7.32. The molecule has 1 aromatic rings. The zero-order valence-electron chi connectivity index (χ0n) is 8.75. The Kier molecular flexibility index (Phi) is 1.84. The normalized spacial score (nSPS) is 22.5. The smallest absolute Gasteiger partial charge is 0.190 e. The third kappa shape index (κ3) is 1.21. The van der Waals surface area contributed by atoms with Gasteiger partial charge in [0.2, 0.25) is 0 Å². The standard InChI is InChI=1S/C13H15NO/c15-12-10-6-2-3-7-11(10)14-13(12)8-4-1-5-9-13/h2-3,6-7,14H,1,4-5,8-9H2. The van der Waals surface area contributed by atoms with Gasteiger partial charge in [-0.3, -0.25) is 4.79 Å². The van der Waals surface area contributed by atoms with Crippen LogP contribution in [-0.2, 0) is 0 Å². The molecule has 2 nitrogen and oxygen atoms in total. The van der Waals surface area contributed by atoms with E-state index in [2.05, 4.69) is 5.32 Å². The summed E-state index contributed by atoms with van der Waals surface area (Å²) in [5.41, 5.74) is 1.67. The van der Waals surface area contributed by atoms with Crippen LogP contribution < -0.4 is 5.32 Å². The largest absolute Gasteiger partial charge is 0.372 e. The summed E-state index contributed by atoms with van der Waals surface area (Å²) in [4.78, 5) is 12.3. The molecule has 1 aromatic carbocycles. The van der Waals surface area contributed by atoms with Crippen LogP contribution in [0, 0.1) is 0 Å². The Bertz CT molecular complexity index is 405. The average molecular weight is 201 g/mol. The van der Waals surface area contributed by atoms with Crippen molar-refractivity contribution in [3.63, 3.8) is 0 Å². The molecule has 1 aliphatic carbocycles. The van der Waals surface area contributed by atoms with Gasteiger partial charge in [-0.25, -0.2) is 0 Å². The van der Waals surface area contributed by atoms with Gasteiger partial charge in [0, 0.05) is 11.3 Å². The Morgan fingerprint density at radius 1 is 1.07 bits per heavy atom. The highest BCUT2D eigenvalue weighted by molar-refractivity contribution is 6.13. The predicted molar refractivity (Wildman–Crippen MR) is 60.2 cm³/mol. The fourth-order valence-electron chi connectivity index (χ4n) is 2.87. The summed E-state index contributed by atoms with van der Waals surface area (Å²) in [7, 11) is 0. The summed E-state index contributed by atoms with van der Waals surface area (Å²) in [5.74, 6) is 0.317. The lowest BCUT2D eigenvalue weighted by Gasteiger charge is -2.32. The summed E-state index contributed by atoms with van der Waals surface area (Å²) in [6.07, 6.45) is 5.62. The number of benzene rings is 1. The van der Waals surface area contributed by atoms with E-state index < -0.39 is 0 Å². The van der Waals surface area contributed by atoms with Crippen molar-refractivity contribution in [1.29, 1.82) is 0 Å². The van der Waals surface area contributed by atoms with Crippen LogP contribution in [0.5, 0.6) is 0 Å². The molecule has 0 saturated heterocycles. The minimum absolute atomic E-state index is 0.248. The molecule has 3 rings (SSSR count). The number of carbonyl (C=O) groups is 1. The molecule has 1 heterocycles. The lowest BCUT2D eigenvalue weighted by molar-refractivity contribution is 0.0886. The lowest BCUT2D eigenvalue weighted by atomic mass is 9.79. The number of hydrogen-bond donors (Lipinski definition) is 1. The highest BCUT2D eigenvalue weighted by Crippen LogP contribution is 2.41. The van der Waals surface area contributed by atoms with Gasteiger partial charge in [0.15, 0.2) is 5.78 Å². The third-order valence-electron chi connectivity index (χ3n) is 3.69. The van der Waals surface area contributed by atoms with E-state index in [-0.39, 0.29) is 5.54 Å². The molecule has 1 N–H and O–H groups in total. The second kappa shape index (κ2) is 3.09. The van der Waals surface area contributed by atoms with Crippen LogP contribution in [0.3, 0.4) is 0 Å². The second-order valence-corrected chi connectivity index (χ2v) is 4.64. The average Bonchev–Trinajstić information content (AvgIpc) is 2.54. The van der Waals surface area contributed by atoms with Crippen molar-refractivity contribution >= 4 is 11.5 Å². The molecule has 1 fully saturated rings. The maximum atomic E-state index is 12.3. The van der Waals surface area contributed by atoms with Crippen molar-refractivity contribution in [2.75, 3.05) is 5.32 Å². The van der Waals surface area contributed by atoms with Crippen molar-refractivity contribution in [3.05, 3.63) is 29.8 Å². The van der Waals surface area contributed by atoms with Gasteiger partial charge in [-0.15, -0.1) is 0 Å². The van der Waals surface area contributed by atoms with E-state index in [4.69, 9.17) is 0 Å². The fourth-order valence-corrected chi connectivity index (χ4v) is 2.87. The van der Waals surface area contributed by atoms with E-state index in [1.807, 2.05) is 24.3 Å². The maximum Gasteiger partial charge on any atom is 0.190 e. The van der Waals surface area contributed by atoms with E-state index >= 15 is 0 Å². The van der Waals surface area contributed by atoms with Crippen LogP contribution >= 0.6 is 0 Å². The molecule has 0 aromatic heterocycles. The Labute approximate surface area is 89.7 Å². The summed E-state index contributed by atoms with van der Waals surface area (Å²) >= 11 is 0. The van der Waals surface area contributed by atoms with Crippen LogP contribution in [0.4, 0.5) is 5.69 Å². The molecule has 0 amide bonds. The first kappa shape index (κ1) is 8.96. The maximum absolute atomic E-state index is 12.3. The molecule has 15 heavy (non-hydrogen) atoms. The topological polar surface area (TPSA) is 29.1 Å². The minimum atomic E-state index is -0.248. The van der Waals surface area contributed by atoms with E-state index in [0.717, 1.165) is 24.1 Å². The predicted octanol–water partition coefficient (Wildman–Crippen LogP) is 3.00. The van der Waals surface area contributed by atoms with Crippen molar-refractivity contribution in [3.8, 4) is 0 Å². The molecule has 0 atom stereocenters. The van der Waals surface area contributed by atoms with E-state index in [0.29, 0.717) is 5.78 Å². The van der Waals surface area contributed by atoms with Crippen LogP contribution in [0.25, 0.3) is 0 Å². The Hall–Kier alpha value is -1.31. The Morgan fingerprint density at radius 2 is 1.80 bits per heavy atom. The second-order valence-electron chi connectivity index (χ2n) is 4.64. The van der Waals surface area contributed by atoms with Gasteiger partial charge < -0.3 is 5.32 Å². The Morgan fingerprint density at radius 3 is 2.53 bits per heavy atom. The van der Waals surface area contributed by atoms with Crippen molar-refractivity contribution in [2.45, 2.75) is 37.6 Å². The molecule has 2 heteroatoms. The van der Waals surface area contributed by atoms with Crippen molar-refractivity contribution < 1.29 is 4.79 Å². The molecule has 1 saturated carbocycles. The molecule has 2 aliphatic rings. The third-order valence-corrected chi connectivity index (χ3v) is 3.69. The molecule has 0 bridgehead atoms. The summed E-state index contributed by atoms with van der Waals surface area (Å²) in [6.45, 7) is 0. The van der Waals surface area contributed by atoms with E-state index in [1.165, 1.54) is 19.3 Å². The number of rotatable bonds is 0. The van der Waals surface area contributed by atoms with Crippen molar-refractivity contribution in [2.24, 2.45) is 0 Å². The van der Waals surface area contributed by atoms with Crippen LogP contribution in [0.2, 0.25) is 0 Å². The van der Waals surface area contributed by atoms with Gasteiger partial charge >= 0.3 is 0 Å². The zero-order chi connectivity index (χ0) is 10.3. The summed E-state index contributed by atoms with van der Waals surface area (Å²) in [6, 6.07) is 7.88. The minimum Gasteiger partial charge on any atom is -0.372 e. The lowest BCUT2D eigenvalue weighted by Crippen LogP contribution is -2.43. The summed E-state index contributed by atoms with van der Waals surface area (Å²) in [5, 5.41) is 3.45. The highest BCUT2D eigenvalue weighted by atomic mass is 16.1. The first-order valence-electron chi connectivity index (χ1n) is 5.74. The van der Waals surface area contributed by atoms with Gasteiger partial charge in [-0.2, -0.15) is 0 Å². The first-order valence-corrected chi connectivity index (χ1v) is 5.74. The quantitative estimate of drug-likeness (QED) is 0.699. The molecular formula is C13H15NO. The number of nitrogens with one attached hydrogen (secondary N) is 1. The molecule has 78 valence electrons. The Balaban J connectivity index is 2.01. The van der Waals surface area contributed by atoms with Crippen LogP contribution in [0.1, 0.15) is 42.5 Å². The summed E-state index contributed by atoms with van der Waals surface area (Å²) < 4.78 is 0. The van der Waals surface area contributed by atoms with Gasteiger partial charge in [0.25, 0.3) is 0 Å². The molecule has 1 aliphatic heterocycles. The molecular weight excluding hydrogens is 186 g/mol. The molecule has 1 spiro atoms. The van der Waals surface area contributed by atoms with Gasteiger partial charge in [0.1, 0.15) is 5.54 Å². The molecule has 0 radical (unpaired) electrons. The van der Waals surface area contributed by atoms with Gasteiger partial charge in [0.05, 0.1) is 0 Å². The van der Waals surface area contributed by atoms with Crippen molar-refractivity contribution in [1.82, 2.24) is 0 Å². The van der Waals surface area contributed by atoms with E-state index in [1.54, 1.807) is 0 Å². The van der Waals surface area contributed by atoms with Crippen LogP contribution in [-0.4, -0.2) is 11.3 Å². The number of ketones is 1. The zero-order valence-corrected chi connectivity index (χ0v) is 8.75. The SMILES string of the molecule is O=C1c2ccccc2NC12CCCCC2. The number of para-hydroxylation sites is 1. The van der Waals surface area contributed by atoms with E-state index in [9.17, 15) is 4.79 Å².